The maximum atomic E-state index is 12.7. The van der Waals surface area contributed by atoms with Crippen molar-refractivity contribution in [1.82, 2.24) is 9.88 Å². The Morgan fingerprint density at radius 1 is 1.07 bits per heavy atom. The molecular weight excluding hydrogens is 389 g/mol. The van der Waals surface area contributed by atoms with E-state index in [1.165, 1.54) is 25.2 Å². The molecule has 1 saturated heterocycles. The maximum Gasteiger partial charge on any atom is 0.433 e. The third-order valence-electron chi connectivity index (χ3n) is 6.81. The Balaban J connectivity index is 1.40. The van der Waals surface area contributed by atoms with Crippen molar-refractivity contribution in [3.8, 4) is 16.9 Å². The second-order valence-electron chi connectivity index (χ2n) is 9.23. The molecule has 1 aliphatic carbocycles. The summed E-state index contributed by atoms with van der Waals surface area (Å²) < 4.78 is 44.4. The van der Waals surface area contributed by atoms with E-state index in [0.717, 1.165) is 36.6 Å². The first kappa shape index (κ1) is 21.2. The minimum atomic E-state index is -4.42. The number of nitrogens with zero attached hydrogens (tertiary/aromatic N) is 2. The summed E-state index contributed by atoms with van der Waals surface area (Å²) in [5.41, 5.74) is 0.905. The van der Waals surface area contributed by atoms with Gasteiger partial charge in [-0.1, -0.05) is 25.1 Å². The van der Waals surface area contributed by atoms with E-state index in [1.807, 2.05) is 24.3 Å². The lowest BCUT2D eigenvalue weighted by atomic mass is 9.70. The third-order valence-corrected chi connectivity index (χ3v) is 6.81. The van der Waals surface area contributed by atoms with Crippen LogP contribution >= 0.6 is 0 Å². The Labute approximate surface area is 176 Å². The van der Waals surface area contributed by atoms with Gasteiger partial charge in [0.25, 0.3) is 0 Å². The molecular formula is C24H29F3N2O. The number of alkyl halides is 3. The van der Waals surface area contributed by atoms with Gasteiger partial charge in [-0.25, -0.2) is 0 Å². The maximum absolute atomic E-state index is 12.7. The number of rotatable bonds is 4. The molecule has 0 bridgehead atoms. The van der Waals surface area contributed by atoms with Crippen molar-refractivity contribution < 1.29 is 17.9 Å². The molecule has 2 fully saturated rings. The molecule has 0 N–H and O–H groups in total. The van der Waals surface area contributed by atoms with E-state index in [-0.39, 0.29) is 6.10 Å². The number of pyridine rings is 1. The normalized spacial score (nSPS) is 27.3. The zero-order chi connectivity index (χ0) is 21.5. The van der Waals surface area contributed by atoms with Gasteiger partial charge in [0.1, 0.15) is 11.4 Å². The quantitative estimate of drug-likeness (QED) is 0.592. The van der Waals surface area contributed by atoms with Crippen LogP contribution in [0.3, 0.4) is 0 Å². The first-order chi connectivity index (χ1) is 14.2. The largest absolute Gasteiger partial charge is 0.490 e. The fraction of sp³-hybridized carbons (Fsp3) is 0.542. The molecule has 30 heavy (non-hydrogen) atoms. The van der Waals surface area contributed by atoms with Crippen molar-refractivity contribution in [2.24, 2.45) is 5.41 Å². The highest BCUT2D eigenvalue weighted by atomic mass is 19.4. The predicted molar refractivity (Wildman–Crippen MR) is 111 cm³/mol. The number of hydrogen-bond acceptors (Lipinski definition) is 3. The van der Waals surface area contributed by atoms with Crippen LogP contribution in [0.1, 0.15) is 52.1 Å². The summed E-state index contributed by atoms with van der Waals surface area (Å²) in [7, 11) is 0. The molecule has 1 saturated carbocycles. The highest BCUT2D eigenvalue weighted by molar-refractivity contribution is 5.63. The minimum absolute atomic E-state index is 0.206. The molecule has 2 aliphatic rings. The highest BCUT2D eigenvalue weighted by Gasteiger charge is 2.48. The van der Waals surface area contributed by atoms with Gasteiger partial charge in [-0.05, 0) is 75.3 Å². The molecule has 3 nitrogen and oxygen atoms in total. The average Bonchev–Trinajstić information content (AvgIpc) is 3.05. The van der Waals surface area contributed by atoms with Crippen molar-refractivity contribution in [2.75, 3.05) is 6.54 Å². The predicted octanol–water partition coefficient (Wildman–Crippen LogP) is 6.19. The van der Waals surface area contributed by atoms with Gasteiger partial charge in [0, 0.05) is 23.8 Å². The average molecular weight is 419 g/mol. The number of fused-ring (bicyclic) bond motifs is 1. The summed E-state index contributed by atoms with van der Waals surface area (Å²) >= 11 is 0. The Morgan fingerprint density at radius 2 is 1.77 bits per heavy atom. The van der Waals surface area contributed by atoms with Crippen LogP contribution in [0.15, 0.2) is 42.6 Å². The van der Waals surface area contributed by atoms with E-state index in [4.69, 9.17) is 4.74 Å². The standard InChI is InChI=1S/C24H29F3N2O/c1-16(2)29-13-12-23(3)14-20(9-11-22(23)29)30-19-7-4-17(5-8-19)18-6-10-21(28-15-18)24(25,26)27/h4-8,10,15-16,20,22H,9,11-14H2,1-3H3. The van der Waals surface area contributed by atoms with E-state index in [0.29, 0.717) is 23.1 Å². The summed E-state index contributed by atoms with van der Waals surface area (Å²) in [6.45, 7) is 8.13. The Hall–Kier alpha value is -2.08. The molecule has 6 heteroatoms. The summed E-state index contributed by atoms with van der Waals surface area (Å²) in [4.78, 5) is 6.18. The molecule has 0 amide bonds. The van der Waals surface area contributed by atoms with Crippen molar-refractivity contribution >= 4 is 0 Å². The SMILES string of the molecule is CC(C)N1CCC2(C)CC(Oc3ccc(-c4ccc(C(F)(F)F)nc4)cc3)CCC12. The summed E-state index contributed by atoms with van der Waals surface area (Å²) in [5.74, 6) is 0.810. The van der Waals surface area contributed by atoms with Gasteiger partial charge >= 0.3 is 6.18 Å². The first-order valence-corrected chi connectivity index (χ1v) is 10.7. The number of likely N-dealkylation sites (tertiary alicyclic amines) is 1. The number of benzene rings is 1. The second kappa shape index (κ2) is 7.88. The Morgan fingerprint density at radius 3 is 2.37 bits per heavy atom. The topological polar surface area (TPSA) is 25.4 Å². The summed E-state index contributed by atoms with van der Waals surface area (Å²) in [6.07, 6.45) is 1.54. The number of ether oxygens (including phenoxy) is 1. The lowest BCUT2D eigenvalue weighted by Gasteiger charge is -2.43. The lowest BCUT2D eigenvalue weighted by molar-refractivity contribution is -0.141. The molecule has 1 aromatic heterocycles. The molecule has 2 aromatic rings. The van der Waals surface area contributed by atoms with Crippen LogP contribution < -0.4 is 4.74 Å². The Kier molecular flexibility index (Phi) is 5.56. The van der Waals surface area contributed by atoms with E-state index in [2.05, 4.69) is 30.7 Å². The van der Waals surface area contributed by atoms with E-state index in [1.54, 1.807) is 0 Å². The lowest BCUT2D eigenvalue weighted by Crippen LogP contribution is -2.47. The van der Waals surface area contributed by atoms with Gasteiger partial charge in [0.05, 0.1) is 6.10 Å². The molecule has 4 rings (SSSR count). The van der Waals surface area contributed by atoms with Gasteiger partial charge in [-0.3, -0.25) is 9.88 Å². The zero-order valence-corrected chi connectivity index (χ0v) is 17.7. The van der Waals surface area contributed by atoms with Crippen LogP contribution in [0.25, 0.3) is 11.1 Å². The molecule has 162 valence electrons. The molecule has 0 radical (unpaired) electrons. The van der Waals surface area contributed by atoms with E-state index in [9.17, 15) is 13.2 Å². The van der Waals surface area contributed by atoms with E-state index < -0.39 is 11.9 Å². The number of halogens is 3. The zero-order valence-electron chi connectivity index (χ0n) is 17.7. The molecule has 3 atom stereocenters. The minimum Gasteiger partial charge on any atom is -0.490 e. The summed E-state index contributed by atoms with van der Waals surface area (Å²) in [5, 5.41) is 0. The Bertz CT molecular complexity index is 864. The van der Waals surface area contributed by atoms with Crippen molar-refractivity contribution in [1.29, 1.82) is 0 Å². The summed E-state index contributed by atoms with van der Waals surface area (Å²) in [6, 6.07) is 11.3. The molecule has 2 heterocycles. The van der Waals surface area contributed by atoms with Crippen LogP contribution in [0, 0.1) is 5.41 Å². The van der Waals surface area contributed by atoms with Crippen molar-refractivity contribution in [3.05, 3.63) is 48.3 Å². The van der Waals surface area contributed by atoms with Gasteiger partial charge in [0.2, 0.25) is 0 Å². The van der Waals surface area contributed by atoms with Gasteiger partial charge in [-0.15, -0.1) is 0 Å². The van der Waals surface area contributed by atoms with Crippen LogP contribution in [-0.4, -0.2) is 34.6 Å². The van der Waals surface area contributed by atoms with Crippen LogP contribution in [0.2, 0.25) is 0 Å². The molecule has 3 unspecified atom stereocenters. The highest BCUT2D eigenvalue weighted by Crippen LogP contribution is 2.48. The molecule has 1 aliphatic heterocycles. The third kappa shape index (κ3) is 4.20. The van der Waals surface area contributed by atoms with Gasteiger partial charge < -0.3 is 4.74 Å². The van der Waals surface area contributed by atoms with Crippen LogP contribution in [0.4, 0.5) is 13.2 Å². The van der Waals surface area contributed by atoms with Crippen molar-refractivity contribution in [2.45, 2.75) is 70.8 Å². The first-order valence-electron chi connectivity index (χ1n) is 10.7. The monoisotopic (exact) mass is 418 g/mol. The van der Waals surface area contributed by atoms with Crippen molar-refractivity contribution in [3.63, 3.8) is 0 Å². The molecule has 0 spiro atoms. The van der Waals surface area contributed by atoms with E-state index >= 15 is 0 Å². The number of hydrogen-bond donors (Lipinski definition) is 0. The van der Waals surface area contributed by atoms with Crippen LogP contribution in [0.5, 0.6) is 5.75 Å². The fourth-order valence-electron chi connectivity index (χ4n) is 5.19. The number of aromatic nitrogens is 1. The fourth-order valence-corrected chi connectivity index (χ4v) is 5.19. The van der Waals surface area contributed by atoms with Gasteiger partial charge in [0.15, 0.2) is 0 Å². The smallest absolute Gasteiger partial charge is 0.433 e. The second-order valence-corrected chi connectivity index (χ2v) is 9.23. The van der Waals surface area contributed by atoms with Gasteiger partial charge in [-0.2, -0.15) is 13.2 Å². The molecule has 1 aromatic carbocycles. The van der Waals surface area contributed by atoms with Crippen LogP contribution in [-0.2, 0) is 6.18 Å².